The van der Waals surface area contributed by atoms with Crippen molar-refractivity contribution in [2.75, 3.05) is 0 Å². The van der Waals surface area contributed by atoms with Gasteiger partial charge in [-0.05, 0) is 91.3 Å². The Kier molecular flexibility index (Phi) is 5.21. The molecule has 0 atom stereocenters. The van der Waals surface area contributed by atoms with E-state index in [1.54, 1.807) is 6.07 Å². The van der Waals surface area contributed by atoms with Gasteiger partial charge in [0, 0.05) is 17.5 Å². The minimum atomic E-state index is -0.366. The highest BCUT2D eigenvalue weighted by Crippen LogP contribution is 2.31. The first kappa shape index (κ1) is 20.0. The van der Waals surface area contributed by atoms with Crippen molar-refractivity contribution in [3.8, 4) is 16.9 Å². The molecule has 0 N–H and O–H groups in total. The fraction of sp³-hybridized carbons (Fsp3) is 0.222. The normalized spacial score (nSPS) is 11.1. The molecule has 0 saturated heterocycles. The minimum Gasteiger partial charge on any atom is -0.489 e. The molecule has 4 rings (SSSR count). The van der Waals surface area contributed by atoms with E-state index in [4.69, 9.17) is 9.15 Å². The van der Waals surface area contributed by atoms with Gasteiger partial charge in [0.05, 0.1) is 0 Å². The van der Waals surface area contributed by atoms with Gasteiger partial charge in [0.15, 0.2) is 0 Å². The van der Waals surface area contributed by atoms with E-state index in [2.05, 4.69) is 34.6 Å². The van der Waals surface area contributed by atoms with Crippen LogP contribution in [0.3, 0.4) is 0 Å². The van der Waals surface area contributed by atoms with Crippen molar-refractivity contribution < 1.29 is 9.15 Å². The number of rotatable bonds is 4. The Balaban J connectivity index is 1.70. The number of hydrogen-bond donors (Lipinski definition) is 0. The van der Waals surface area contributed by atoms with Crippen LogP contribution in [-0.4, -0.2) is 0 Å². The van der Waals surface area contributed by atoms with Crippen LogP contribution in [0.15, 0.2) is 63.8 Å². The predicted octanol–water partition coefficient (Wildman–Crippen LogP) is 6.58. The first-order valence-corrected chi connectivity index (χ1v) is 10.2. The van der Waals surface area contributed by atoms with Crippen LogP contribution in [0.5, 0.6) is 5.75 Å². The van der Waals surface area contributed by atoms with Crippen LogP contribution < -0.4 is 10.4 Å². The van der Waals surface area contributed by atoms with Crippen molar-refractivity contribution >= 4 is 11.0 Å². The summed E-state index contributed by atoms with van der Waals surface area (Å²) in [4.78, 5) is 12.2. The lowest BCUT2D eigenvalue weighted by atomic mass is 9.90. The van der Waals surface area contributed by atoms with Gasteiger partial charge >= 0.3 is 5.63 Å². The van der Waals surface area contributed by atoms with Crippen LogP contribution in [-0.2, 0) is 6.61 Å². The maximum atomic E-state index is 12.2. The molecule has 4 aromatic rings. The van der Waals surface area contributed by atoms with Gasteiger partial charge in [0.25, 0.3) is 0 Å². The van der Waals surface area contributed by atoms with Crippen LogP contribution in [0.25, 0.3) is 22.1 Å². The van der Waals surface area contributed by atoms with E-state index in [-0.39, 0.29) is 5.63 Å². The first-order chi connectivity index (χ1) is 14.4. The van der Waals surface area contributed by atoms with E-state index in [9.17, 15) is 4.79 Å². The third-order valence-electron chi connectivity index (χ3n) is 6.34. The lowest BCUT2D eigenvalue weighted by Crippen LogP contribution is -2.06. The van der Waals surface area contributed by atoms with Gasteiger partial charge in [-0.15, -0.1) is 0 Å². The molecular weight excluding hydrogens is 372 g/mol. The zero-order chi connectivity index (χ0) is 21.4. The molecule has 0 aliphatic carbocycles. The molecule has 3 nitrogen and oxygen atoms in total. The Morgan fingerprint density at radius 3 is 2.07 bits per heavy atom. The fourth-order valence-corrected chi connectivity index (χ4v) is 4.04. The summed E-state index contributed by atoms with van der Waals surface area (Å²) < 4.78 is 11.6. The van der Waals surface area contributed by atoms with Gasteiger partial charge in [0.2, 0.25) is 0 Å². The second-order valence-electron chi connectivity index (χ2n) is 7.90. The SMILES string of the molecule is Cc1c(C)c(C)c(COc2ccc3c(-c4ccccc4)cc(=O)oc3c2)c(C)c1C. The zero-order valence-electron chi connectivity index (χ0n) is 18.1. The van der Waals surface area contributed by atoms with E-state index in [0.717, 1.165) is 16.5 Å². The molecule has 0 radical (unpaired) electrons. The van der Waals surface area contributed by atoms with E-state index in [1.165, 1.54) is 33.4 Å². The van der Waals surface area contributed by atoms with Crippen LogP contribution in [0, 0.1) is 34.6 Å². The van der Waals surface area contributed by atoms with E-state index in [1.807, 2.05) is 48.5 Å². The van der Waals surface area contributed by atoms with Crippen molar-refractivity contribution in [3.05, 3.63) is 98.4 Å². The first-order valence-electron chi connectivity index (χ1n) is 10.2. The number of fused-ring (bicyclic) bond motifs is 1. The van der Waals surface area contributed by atoms with Crippen LogP contribution in [0.4, 0.5) is 0 Å². The highest BCUT2D eigenvalue weighted by Gasteiger charge is 2.14. The Morgan fingerprint density at radius 1 is 0.767 bits per heavy atom. The van der Waals surface area contributed by atoms with Gasteiger partial charge in [-0.25, -0.2) is 4.79 Å². The molecule has 3 aromatic carbocycles. The fourth-order valence-electron chi connectivity index (χ4n) is 4.04. The van der Waals surface area contributed by atoms with Gasteiger partial charge in [0.1, 0.15) is 17.9 Å². The highest BCUT2D eigenvalue weighted by molar-refractivity contribution is 5.93. The molecular formula is C27H26O3. The summed E-state index contributed by atoms with van der Waals surface area (Å²) in [6, 6.07) is 17.1. The molecule has 152 valence electrons. The highest BCUT2D eigenvalue weighted by atomic mass is 16.5. The van der Waals surface area contributed by atoms with Crippen molar-refractivity contribution in [3.63, 3.8) is 0 Å². The van der Waals surface area contributed by atoms with Crippen molar-refractivity contribution in [2.45, 2.75) is 41.2 Å². The topological polar surface area (TPSA) is 39.4 Å². The molecule has 0 saturated carbocycles. The molecule has 1 heterocycles. The lowest BCUT2D eigenvalue weighted by molar-refractivity contribution is 0.304. The Hall–Kier alpha value is -3.33. The van der Waals surface area contributed by atoms with Gasteiger partial charge < -0.3 is 9.15 Å². The smallest absolute Gasteiger partial charge is 0.336 e. The van der Waals surface area contributed by atoms with Gasteiger partial charge in [-0.2, -0.15) is 0 Å². The number of benzene rings is 3. The summed E-state index contributed by atoms with van der Waals surface area (Å²) in [5.74, 6) is 0.686. The predicted molar refractivity (Wildman–Crippen MR) is 122 cm³/mol. The Labute approximate surface area is 176 Å². The van der Waals surface area contributed by atoms with Crippen LogP contribution >= 0.6 is 0 Å². The van der Waals surface area contributed by atoms with E-state index >= 15 is 0 Å². The van der Waals surface area contributed by atoms with Crippen molar-refractivity contribution in [1.29, 1.82) is 0 Å². The molecule has 0 aliphatic rings. The minimum absolute atomic E-state index is 0.366. The monoisotopic (exact) mass is 398 g/mol. The summed E-state index contributed by atoms with van der Waals surface area (Å²) in [7, 11) is 0. The summed E-state index contributed by atoms with van der Waals surface area (Å²) in [6.07, 6.45) is 0. The number of ether oxygens (including phenoxy) is 1. The quantitative estimate of drug-likeness (QED) is 0.364. The second kappa shape index (κ2) is 7.83. The standard InChI is InChI=1S/C27H26O3/c1-16-17(2)19(4)25(20(5)18(16)3)15-29-22-11-12-23-24(21-9-7-6-8-10-21)14-27(28)30-26(23)13-22/h6-14H,15H2,1-5H3. The second-order valence-corrected chi connectivity index (χ2v) is 7.90. The molecule has 0 unspecified atom stereocenters. The summed E-state index contributed by atoms with van der Waals surface area (Å²) in [6.45, 7) is 11.3. The molecule has 0 bridgehead atoms. The molecule has 0 fully saturated rings. The molecule has 3 heteroatoms. The molecule has 0 spiro atoms. The lowest BCUT2D eigenvalue weighted by Gasteiger charge is -2.19. The maximum Gasteiger partial charge on any atom is 0.336 e. The molecule has 0 amide bonds. The molecule has 30 heavy (non-hydrogen) atoms. The van der Waals surface area contributed by atoms with Crippen molar-refractivity contribution in [2.24, 2.45) is 0 Å². The average Bonchev–Trinajstić information content (AvgIpc) is 2.76. The van der Waals surface area contributed by atoms with E-state index < -0.39 is 0 Å². The third-order valence-corrected chi connectivity index (χ3v) is 6.34. The number of hydrogen-bond acceptors (Lipinski definition) is 3. The summed E-state index contributed by atoms with van der Waals surface area (Å²) >= 11 is 0. The average molecular weight is 399 g/mol. The third kappa shape index (κ3) is 3.52. The van der Waals surface area contributed by atoms with Gasteiger partial charge in [-0.1, -0.05) is 30.3 Å². The van der Waals surface area contributed by atoms with E-state index in [0.29, 0.717) is 17.9 Å². The molecule has 0 aliphatic heterocycles. The summed E-state index contributed by atoms with van der Waals surface area (Å²) in [5.41, 5.74) is 9.75. The zero-order valence-corrected chi connectivity index (χ0v) is 18.1. The maximum absolute atomic E-state index is 12.2. The molecule has 1 aromatic heterocycles. The summed E-state index contributed by atoms with van der Waals surface area (Å²) in [5, 5.41) is 0.891. The van der Waals surface area contributed by atoms with Crippen molar-refractivity contribution in [1.82, 2.24) is 0 Å². The Bertz CT molecular complexity index is 1270. The van der Waals surface area contributed by atoms with Gasteiger partial charge in [-0.3, -0.25) is 0 Å². The van der Waals surface area contributed by atoms with Crippen LogP contribution in [0.2, 0.25) is 0 Å². The van der Waals surface area contributed by atoms with Crippen LogP contribution in [0.1, 0.15) is 33.4 Å². The Morgan fingerprint density at radius 2 is 1.40 bits per heavy atom. The largest absolute Gasteiger partial charge is 0.489 e.